The first-order valence-corrected chi connectivity index (χ1v) is 9.78. The Kier molecular flexibility index (Phi) is 5.54. The quantitative estimate of drug-likeness (QED) is 0.747. The highest BCUT2D eigenvalue weighted by molar-refractivity contribution is 5.78. The highest BCUT2D eigenvalue weighted by atomic mass is 16.5. The molecule has 2 aliphatic rings. The van der Waals surface area contributed by atoms with E-state index < -0.39 is 0 Å². The van der Waals surface area contributed by atoms with Crippen molar-refractivity contribution in [3.05, 3.63) is 29.8 Å². The summed E-state index contributed by atoms with van der Waals surface area (Å²) in [5.74, 6) is 1.78. The van der Waals surface area contributed by atoms with Gasteiger partial charge in [0.15, 0.2) is 5.82 Å². The molecule has 4 rings (SSSR count). The van der Waals surface area contributed by atoms with Crippen LogP contribution in [0.4, 0.5) is 5.82 Å². The van der Waals surface area contributed by atoms with E-state index in [0.29, 0.717) is 32.8 Å². The summed E-state index contributed by atoms with van der Waals surface area (Å²) in [5, 5.41) is 4.49. The molecule has 28 heavy (non-hydrogen) atoms. The molecule has 0 aromatic carbocycles. The lowest BCUT2D eigenvalue weighted by atomic mass is 10.3. The Morgan fingerprint density at radius 1 is 1.04 bits per heavy atom. The summed E-state index contributed by atoms with van der Waals surface area (Å²) >= 11 is 0. The molecule has 0 radical (unpaired) electrons. The van der Waals surface area contributed by atoms with Gasteiger partial charge in [-0.25, -0.2) is 9.67 Å². The van der Waals surface area contributed by atoms with Crippen molar-refractivity contribution < 1.29 is 9.53 Å². The summed E-state index contributed by atoms with van der Waals surface area (Å²) in [6.07, 6.45) is 3.53. The molecular formula is C19H27N7O2. The molecule has 9 nitrogen and oxygen atoms in total. The van der Waals surface area contributed by atoms with Crippen molar-refractivity contribution in [2.24, 2.45) is 0 Å². The third-order valence-electron chi connectivity index (χ3n) is 5.25. The highest BCUT2D eigenvalue weighted by Gasteiger charge is 2.23. The standard InChI is InChI=1S/C19H27N7O2/c1-15-11-16(2)26(22-15)18-13-20-12-17(21-18)24-5-3-23(4-6-24)14-19(27)25-7-9-28-10-8-25/h11-13H,3-10,14H2,1-2H3. The summed E-state index contributed by atoms with van der Waals surface area (Å²) in [4.78, 5) is 27.9. The molecule has 150 valence electrons. The average molecular weight is 385 g/mol. The second kappa shape index (κ2) is 8.24. The van der Waals surface area contributed by atoms with Crippen LogP contribution >= 0.6 is 0 Å². The summed E-state index contributed by atoms with van der Waals surface area (Å²) in [7, 11) is 0. The second-order valence-corrected chi connectivity index (χ2v) is 7.33. The molecule has 2 saturated heterocycles. The maximum Gasteiger partial charge on any atom is 0.236 e. The number of hydrogen-bond acceptors (Lipinski definition) is 7. The van der Waals surface area contributed by atoms with Crippen LogP contribution in [0, 0.1) is 13.8 Å². The summed E-state index contributed by atoms with van der Waals surface area (Å²) in [6.45, 7) is 10.5. The zero-order valence-corrected chi connectivity index (χ0v) is 16.5. The number of morpholine rings is 1. The van der Waals surface area contributed by atoms with Crippen LogP contribution in [-0.2, 0) is 9.53 Å². The minimum atomic E-state index is 0.197. The number of aromatic nitrogens is 4. The number of ether oxygens (including phenoxy) is 1. The van der Waals surface area contributed by atoms with Crippen LogP contribution in [0.3, 0.4) is 0 Å². The van der Waals surface area contributed by atoms with Gasteiger partial charge in [0.1, 0.15) is 5.82 Å². The molecule has 2 aromatic heterocycles. The zero-order valence-electron chi connectivity index (χ0n) is 16.5. The van der Waals surface area contributed by atoms with Gasteiger partial charge in [-0.05, 0) is 19.9 Å². The van der Waals surface area contributed by atoms with E-state index in [1.54, 1.807) is 12.4 Å². The van der Waals surface area contributed by atoms with Crippen LogP contribution in [0.5, 0.6) is 0 Å². The van der Waals surface area contributed by atoms with E-state index >= 15 is 0 Å². The number of hydrogen-bond donors (Lipinski definition) is 0. The molecule has 0 saturated carbocycles. The van der Waals surface area contributed by atoms with Crippen LogP contribution < -0.4 is 4.90 Å². The maximum absolute atomic E-state index is 12.4. The van der Waals surface area contributed by atoms with Gasteiger partial charge in [0.25, 0.3) is 0 Å². The van der Waals surface area contributed by atoms with E-state index in [-0.39, 0.29) is 5.91 Å². The van der Waals surface area contributed by atoms with Gasteiger partial charge in [-0.1, -0.05) is 0 Å². The topological polar surface area (TPSA) is 79.6 Å². The van der Waals surface area contributed by atoms with Crippen molar-refractivity contribution in [2.45, 2.75) is 13.8 Å². The lowest BCUT2D eigenvalue weighted by Gasteiger charge is -2.36. The fourth-order valence-corrected chi connectivity index (χ4v) is 3.70. The van der Waals surface area contributed by atoms with Crippen LogP contribution in [0.15, 0.2) is 18.5 Å². The van der Waals surface area contributed by atoms with E-state index in [4.69, 9.17) is 9.72 Å². The number of aryl methyl sites for hydroxylation is 2. The number of nitrogens with zero attached hydrogens (tertiary/aromatic N) is 7. The molecule has 2 fully saturated rings. The molecule has 1 amide bonds. The van der Waals surface area contributed by atoms with Gasteiger partial charge >= 0.3 is 0 Å². The predicted octanol–water partition coefficient (Wildman–Crippen LogP) is 0.260. The number of carbonyl (C=O) groups excluding carboxylic acids is 1. The first-order chi connectivity index (χ1) is 13.6. The molecule has 2 aliphatic heterocycles. The fraction of sp³-hybridized carbons (Fsp3) is 0.579. The van der Waals surface area contributed by atoms with Gasteiger partial charge in [0.2, 0.25) is 5.91 Å². The van der Waals surface area contributed by atoms with E-state index in [1.165, 1.54) is 0 Å². The van der Waals surface area contributed by atoms with Gasteiger partial charge in [0.05, 0.1) is 37.8 Å². The summed E-state index contributed by atoms with van der Waals surface area (Å²) in [5.41, 5.74) is 2.00. The molecule has 0 spiro atoms. The number of anilines is 1. The first-order valence-electron chi connectivity index (χ1n) is 9.78. The third kappa shape index (κ3) is 4.15. The van der Waals surface area contributed by atoms with E-state index in [2.05, 4.69) is 19.9 Å². The smallest absolute Gasteiger partial charge is 0.236 e. The fourth-order valence-electron chi connectivity index (χ4n) is 3.70. The molecule has 4 heterocycles. The van der Waals surface area contributed by atoms with Crippen LogP contribution in [-0.4, -0.2) is 94.5 Å². The van der Waals surface area contributed by atoms with Crippen LogP contribution in [0.1, 0.15) is 11.4 Å². The van der Waals surface area contributed by atoms with Crippen LogP contribution in [0.25, 0.3) is 5.82 Å². The van der Waals surface area contributed by atoms with Crippen molar-refractivity contribution in [1.29, 1.82) is 0 Å². The van der Waals surface area contributed by atoms with Gasteiger partial charge in [0, 0.05) is 45.0 Å². The Hall–Kier alpha value is -2.52. The molecule has 0 atom stereocenters. The Balaban J connectivity index is 1.35. The Labute approximate surface area is 164 Å². The molecule has 9 heteroatoms. The van der Waals surface area contributed by atoms with Gasteiger partial charge < -0.3 is 14.5 Å². The first kappa shape index (κ1) is 18.8. The zero-order chi connectivity index (χ0) is 19.5. The summed E-state index contributed by atoms with van der Waals surface area (Å²) < 4.78 is 7.14. The Morgan fingerprint density at radius 2 is 1.75 bits per heavy atom. The van der Waals surface area contributed by atoms with Gasteiger partial charge in [-0.15, -0.1) is 0 Å². The SMILES string of the molecule is Cc1cc(C)n(-c2cncc(N3CCN(CC(=O)N4CCOCC4)CC3)n2)n1. The number of carbonyl (C=O) groups is 1. The maximum atomic E-state index is 12.4. The van der Waals surface area contributed by atoms with E-state index in [0.717, 1.165) is 49.2 Å². The van der Waals surface area contributed by atoms with Crippen molar-refractivity contribution in [3.8, 4) is 5.82 Å². The van der Waals surface area contributed by atoms with Crippen molar-refractivity contribution >= 4 is 11.7 Å². The van der Waals surface area contributed by atoms with Gasteiger partial charge in [-0.2, -0.15) is 5.10 Å². The molecular weight excluding hydrogens is 358 g/mol. The van der Waals surface area contributed by atoms with E-state index in [9.17, 15) is 4.79 Å². The lowest BCUT2D eigenvalue weighted by molar-refractivity contribution is -0.136. The number of amides is 1. The van der Waals surface area contributed by atoms with Crippen molar-refractivity contribution in [3.63, 3.8) is 0 Å². The number of piperazine rings is 1. The van der Waals surface area contributed by atoms with E-state index in [1.807, 2.05) is 29.5 Å². The predicted molar refractivity (Wildman–Crippen MR) is 105 cm³/mol. The lowest BCUT2D eigenvalue weighted by Crippen LogP contribution is -2.51. The van der Waals surface area contributed by atoms with Crippen molar-refractivity contribution in [2.75, 3.05) is 63.9 Å². The molecule has 0 unspecified atom stereocenters. The Bertz CT molecular complexity index is 823. The third-order valence-corrected chi connectivity index (χ3v) is 5.25. The highest BCUT2D eigenvalue weighted by Crippen LogP contribution is 2.16. The Morgan fingerprint density at radius 3 is 2.43 bits per heavy atom. The van der Waals surface area contributed by atoms with Crippen molar-refractivity contribution in [1.82, 2.24) is 29.5 Å². The van der Waals surface area contributed by atoms with Gasteiger partial charge in [-0.3, -0.25) is 14.7 Å². The molecule has 2 aromatic rings. The molecule has 0 bridgehead atoms. The average Bonchev–Trinajstić information content (AvgIpc) is 3.07. The molecule has 0 N–H and O–H groups in total. The van der Waals surface area contributed by atoms with Crippen LogP contribution in [0.2, 0.25) is 0 Å². The second-order valence-electron chi connectivity index (χ2n) is 7.33. The largest absolute Gasteiger partial charge is 0.378 e. The summed E-state index contributed by atoms with van der Waals surface area (Å²) in [6, 6.07) is 2.03. The number of rotatable bonds is 4. The monoisotopic (exact) mass is 385 g/mol. The minimum Gasteiger partial charge on any atom is -0.378 e. The minimum absolute atomic E-state index is 0.197. The molecule has 0 aliphatic carbocycles. The normalized spacial score (nSPS) is 18.5.